The molecule has 1 unspecified atom stereocenters. The maximum Gasteiger partial charge on any atom is 0.150 e. The van der Waals surface area contributed by atoms with Crippen LogP contribution >= 0.6 is 0 Å². The smallest absolute Gasteiger partial charge is 0.150 e. The molecule has 1 atom stereocenters. The van der Waals surface area contributed by atoms with Crippen LogP contribution in [0, 0.1) is 34.5 Å². The third-order valence-electron chi connectivity index (χ3n) is 2.02. The minimum absolute atomic E-state index is 0.00120. The molecule has 64 valence electrons. The largest absolute Gasteiger partial charge is 0.229 e. The number of sulfone groups is 1. The Morgan fingerprint density at radius 1 is 1.33 bits per heavy atom. The molecule has 0 saturated carbocycles. The van der Waals surface area contributed by atoms with Crippen molar-refractivity contribution in [2.45, 2.75) is 6.42 Å². The predicted molar refractivity (Wildman–Crippen MR) is 41.5 cm³/mol. The molecule has 1 aliphatic rings. The maximum atomic E-state index is 11.0. The van der Waals surface area contributed by atoms with Crippen LogP contribution in [0.1, 0.15) is 6.42 Å². The number of nitrogens with zero attached hydrogens (tertiary/aromatic N) is 2. The Kier molecular flexibility index (Phi) is 2.35. The van der Waals surface area contributed by atoms with E-state index >= 15 is 0 Å². The molecule has 1 aliphatic heterocycles. The molecule has 0 N–H and O–H groups in total. The summed E-state index contributed by atoms with van der Waals surface area (Å²) in [5.41, 5.74) is 0. The predicted octanol–water partition coefficient (Wildman–Crippen LogP) is 0.0845. The average molecular weight is 184 g/mol. The molecule has 4 nitrogen and oxygen atoms in total. The van der Waals surface area contributed by atoms with Gasteiger partial charge in [-0.05, 0) is 6.42 Å². The fourth-order valence-electron chi connectivity index (χ4n) is 1.33. The monoisotopic (exact) mass is 184 g/mol. The van der Waals surface area contributed by atoms with Gasteiger partial charge < -0.3 is 0 Å². The lowest BCUT2D eigenvalue weighted by Gasteiger charge is -2.04. The van der Waals surface area contributed by atoms with Crippen LogP contribution < -0.4 is 0 Å². The van der Waals surface area contributed by atoms with Crippen molar-refractivity contribution < 1.29 is 8.42 Å². The molecule has 1 rings (SSSR count). The van der Waals surface area contributed by atoms with Gasteiger partial charge >= 0.3 is 0 Å². The molecule has 0 radical (unpaired) electrons. The summed E-state index contributed by atoms with van der Waals surface area (Å²) in [7, 11) is -2.96. The summed E-state index contributed by atoms with van der Waals surface area (Å²) in [4.78, 5) is 0. The van der Waals surface area contributed by atoms with Gasteiger partial charge in [-0.3, -0.25) is 0 Å². The Labute approximate surface area is 71.3 Å². The van der Waals surface area contributed by atoms with Crippen LogP contribution in [0.5, 0.6) is 0 Å². The second kappa shape index (κ2) is 3.12. The van der Waals surface area contributed by atoms with Crippen LogP contribution in [-0.2, 0) is 9.84 Å². The van der Waals surface area contributed by atoms with Gasteiger partial charge in [0.15, 0.2) is 9.84 Å². The third-order valence-corrected chi connectivity index (χ3v) is 3.81. The summed E-state index contributed by atoms with van der Waals surface area (Å²) in [5, 5.41) is 17.0. The summed E-state index contributed by atoms with van der Waals surface area (Å²) < 4.78 is 21.9. The highest BCUT2D eigenvalue weighted by Crippen LogP contribution is 2.24. The number of nitriles is 2. The summed E-state index contributed by atoms with van der Waals surface area (Å²) in [5.74, 6) is -0.914. The van der Waals surface area contributed by atoms with E-state index < -0.39 is 15.8 Å². The first-order valence-corrected chi connectivity index (χ1v) is 5.41. The minimum atomic E-state index is -2.96. The first kappa shape index (κ1) is 9.02. The van der Waals surface area contributed by atoms with Crippen LogP contribution in [0.4, 0.5) is 0 Å². The van der Waals surface area contributed by atoms with Crippen LogP contribution in [0.25, 0.3) is 0 Å². The van der Waals surface area contributed by atoms with Crippen molar-refractivity contribution in [1.29, 1.82) is 10.5 Å². The maximum absolute atomic E-state index is 11.0. The molecule has 0 aliphatic carbocycles. The van der Waals surface area contributed by atoms with Crippen LogP contribution in [0.2, 0.25) is 0 Å². The molecule has 12 heavy (non-hydrogen) atoms. The molecule has 0 amide bonds. The summed E-state index contributed by atoms with van der Waals surface area (Å²) in [6.07, 6.45) is 0.453. The highest BCUT2D eigenvalue weighted by atomic mass is 32.2. The van der Waals surface area contributed by atoms with Crippen molar-refractivity contribution in [3.05, 3.63) is 0 Å². The minimum Gasteiger partial charge on any atom is -0.229 e. The van der Waals surface area contributed by atoms with E-state index in [0.717, 1.165) is 0 Å². The lowest BCUT2D eigenvalue weighted by atomic mass is 9.95. The van der Waals surface area contributed by atoms with E-state index in [9.17, 15) is 8.42 Å². The number of hydrogen-bond acceptors (Lipinski definition) is 4. The molecule has 5 heteroatoms. The summed E-state index contributed by atoms with van der Waals surface area (Å²) >= 11 is 0. The normalized spacial score (nSPS) is 26.4. The highest BCUT2D eigenvalue weighted by Gasteiger charge is 2.33. The Morgan fingerprint density at radius 3 is 2.25 bits per heavy atom. The molecule has 0 aromatic rings. The Balaban J connectivity index is 2.73. The molecule has 1 heterocycles. The number of hydrogen-bond donors (Lipinski definition) is 0. The molecular weight excluding hydrogens is 176 g/mol. The SMILES string of the molecule is N#CC(C#N)C1CCS(=O)(=O)C1. The molecule has 0 spiro atoms. The van der Waals surface area contributed by atoms with Crippen molar-refractivity contribution in [3.63, 3.8) is 0 Å². The highest BCUT2D eigenvalue weighted by molar-refractivity contribution is 7.91. The summed E-state index contributed by atoms with van der Waals surface area (Å²) in [6, 6.07) is 3.61. The van der Waals surface area contributed by atoms with Crippen molar-refractivity contribution in [1.82, 2.24) is 0 Å². The second-order valence-corrected chi connectivity index (χ2v) is 5.13. The summed E-state index contributed by atoms with van der Waals surface area (Å²) in [6.45, 7) is 0. The lowest BCUT2D eigenvalue weighted by Crippen LogP contribution is -2.12. The average Bonchev–Trinajstić information content (AvgIpc) is 2.34. The Morgan fingerprint density at radius 2 is 1.92 bits per heavy atom. The first-order chi connectivity index (χ1) is 5.59. The van der Waals surface area contributed by atoms with E-state index in [2.05, 4.69) is 0 Å². The Bertz CT molecular complexity index is 333. The van der Waals surface area contributed by atoms with Gasteiger partial charge in [-0.25, -0.2) is 8.42 Å². The first-order valence-electron chi connectivity index (χ1n) is 3.59. The van der Waals surface area contributed by atoms with E-state index in [1.54, 1.807) is 12.1 Å². The number of rotatable bonds is 1. The van der Waals surface area contributed by atoms with E-state index in [1.165, 1.54) is 0 Å². The zero-order chi connectivity index (χ0) is 9.19. The molecular formula is C7H8N2O2S. The van der Waals surface area contributed by atoms with Crippen molar-refractivity contribution in [2.75, 3.05) is 11.5 Å². The standard InChI is InChI=1S/C7H8N2O2S/c8-3-7(4-9)6-1-2-12(10,11)5-6/h6-7H,1-2,5H2. The van der Waals surface area contributed by atoms with Gasteiger partial charge in [0.2, 0.25) is 0 Å². The van der Waals surface area contributed by atoms with Gasteiger partial charge in [0.1, 0.15) is 5.92 Å². The van der Waals surface area contributed by atoms with Gasteiger partial charge in [0.25, 0.3) is 0 Å². The quantitative estimate of drug-likeness (QED) is 0.578. The molecule has 0 aromatic heterocycles. The zero-order valence-electron chi connectivity index (χ0n) is 6.40. The lowest BCUT2D eigenvalue weighted by molar-refractivity contribution is 0.526. The van der Waals surface area contributed by atoms with E-state index in [0.29, 0.717) is 6.42 Å². The van der Waals surface area contributed by atoms with Gasteiger partial charge in [0.05, 0.1) is 23.6 Å². The fraction of sp³-hybridized carbons (Fsp3) is 0.714. The van der Waals surface area contributed by atoms with Crippen LogP contribution in [0.15, 0.2) is 0 Å². The van der Waals surface area contributed by atoms with Gasteiger partial charge in [-0.1, -0.05) is 0 Å². The van der Waals surface area contributed by atoms with Crippen molar-refractivity contribution >= 4 is 9.84 Å². The third kappa shape index (κ3) is 1.75. The van der Waals surface area contributed by atoms with Gasteiger partial charge in [0, 0.05) is 5.92 Å². The van der Waals surface area contributed by atoms with Crippen LogP contribution in [-0.4, -0.2) is 19.9 Å². The molecule has 0 bridgehead atoms. The van der Waals surface area contributed by atoms with E-state index in [-0.39, 0.29) is 17.4 Å². The fourth-order valence-corrected chi connectivity index (χ4v) is 3.17. The Hall–Kier alpha value is -1.07. The topological polar surface area (TPSA) is 81.7 Å². The molecule has 0 aromatic carbocycles. The van der Waals surface area contributed by atoms with Crippen molar-refractivity contribution in [3.8, 4) is 12.1 Å². The zero-order valence-corrected chi connectivity index (χ0v) is 7.21. The van der Waals surface area contributed by atoms with Gasteiger partial charge in [-0.2, -0.15) is 10.5 Å². The second-order valence-electron chi connectivity index (χ2n) is 2.90. The van der Waals surface area contributed by atoms with E-state index in [1.807, 2.05) is 0 Å². The van der Waals surface area contributed by atoms with Gasteiger partial charge in [-0.15, -0.1) is 0 Å². The van der Waals surface area contributed by atoms with Crippen molar-refractivity contribution in [2.24, 2.45) is 11.8 Å². The molecule has 1 fully saturated rings. The van der Waals surface area contributed by atoms with Crippen LogP contribution in [0.3, 0.4) is 0 Å². The van der Waals surface area contributed by atoms with E-state index in [4.69, 9.17) is 10.5 Å². The molecule has 1 saturated heterocycles.